The molecule has 7 nitrogen and oxygen atoms in total. The fraction of sp³-hybridized carbons (Fsp3) is 0.600. The minimum atomic E-state index is -0.602. The molecule has 1 aliphatic carbocycles. The molecule has 2 aromatic rings. The van der Waals surface area contributed by atoms with Gasteiger partial charge in [-0.15, -0.1) is 0 Å². The normalized spacial score (nSPS) is 17.6. The number of aliphatic hydroxyl groups excluding tert-OH is 1. The van der Waals surface area contributed by atoms with Gasteiger partial charge in [0, 0.05) is 13.5 Å². The lowest BCUT2D eigenvalue weighted by Crippen LogP contribution is -2.48. The number of nitrogens with zero attached hydrogens (tertiary/aromatic N) is 2. The molecular formula is C20H29N3O4. The Balaban J connectivity index is 1.48. The lowest BCUT2D eigenvalue weighted by Gasteiger charge is -2.36. The monoisotopic (exact) mass is 375 g/mol. The van der Waals surface area contributed by atoms with E-state index in [1.54, 1.807) is 14.0 Å². The second-order valence-electron chi connectivity index (χ2n) is 7.18. The Labute approximate surface area is 160 Å². The third-order valence-electron chi connectivity index (χ3n) is 5.08. The molecule has 1 fully saturated rings. The predicted molar refractivity (Wildman–Crippen MR) is 100 cm³/mol. The lowest BCUT2D eigenvalue weighted by molar-refractivity contribution is 0.0221. The molecule has 1 atom stereocenters. The summed E-state index contributed by atoms with van der Waals surface area (Å²) in [5.74, 6) is 2.09. The van der Waals surface area contributed by atoms with Crippen LogP contribution in [0.4, 0.5) is 0 Å². The van der Waals surface area contributed by atoms with Crippen molar-refractivity contribution in [2.24, 2.45) is 0 Å². The van der Waals surface area contributed by atoms with Crippen molar-refractivity contribution in [1.29, 1.82) is 0 Å². The SMILES string of the molecule is COc1ccc(COCC(O)CNC2(c3noc(C)n3)CCCCC2)cc1. The first kappa shape index (κ1) is 19.8. The van der Waals surface area contributed by atoms with E-state index in [9.17, 15) is 5.11 Å². The van der Waals surface area contributed by atoms with Crippen molar-refractivity contribution in [1.82, 2.24) is 15.5 Å². The van der Waals surface area contributed by atoms with Crippen LogP contribution >= 0.6 is 0 Å². The van der Waals surface area contributed by atoms with Crippen LogP contribution in [0.15, 0.2) is 28.8 Å². The Kier molecular flexibility index (Phi) is 6.82. The summed E-state index contributed by atoms with van der Waals surface area (Å²) in [6.45, 7) is 2.95. The summed E-state index contributed by atoms with van der Waals surface area (Å²) < 4.78 is 16.0. The first-order chi connectivity index (χ1) is 13.1. The van der Waals surface area contributed by atoms with Gasteiger partial charge in [0.1, 0.15) is 5.75 Å². The fourth-order valence-electron chi connectivity index (χ4n) is 3.54. The quantitative estimate of drug-likeness (QED) is 0.696. The zero-order valence-electron chi connectivity index (χ0n) is 16.1. The maximum absolute atomic E-state index is 10.3. The highest BCUT2D eigenvalue weighted by Gasteiger charge is 2.38. The highest BCUT2D eigenvalue weighted by molar-refractivity contribution is 5.26. The molecule has 1 aromatic heterocycles. The zero-order valence-corrected chi connectivity index (χ0v) is 16.1. The van der Waals surface area contributed by atoms with Crippen LogP contribution in [0.3, 0.4) is 0 Å². The van der Waals surface area contributed by atoms with E-state index in [2.05, 4.69) is 15.5 Å². The molecule has 1 saturated carbocycles. The Morgan fingerprint density at radius 2 is 1.96 bits per heavy atom. The van der Waals surface area contributed by atoms with Crippen LogP contribution in [0, 0.1) is 6.92 Å². The van der Waals surface area contributed by atoms with Crippen molar-refractivity contribution in [3.63, 3.8) is 0 Å². The van der Waals surface area contributed by atoms with E-state index < -0.39 is 6.10 Å². The standard InChI is InChI=1S/C20H29N3O4/c1-15-22-19(23-27-15)20(10-4-3-5-11-20)21-12-17(24)14-26-13-16-6-8-18(25-2)9-7-16/h6-9,17,21,24H,3-5,10-14H2,1-2H3. The second-order valence-corrected chi connectivity index (χ2v) is 7.18. The second kappa shape index (κ2) is 9.30. The van der Waals surface area contributed by atoms with Crippen molar-refractivity contribution in [2.45, 2.75) is 57.3 Å². The molecular weight excluding hydrogens is 346 g/mol. The van der Waals surface area contributed by atoms with Gasteiger partial charge in [-0.1, -0.05) is 36.6 Å². The average Bonchev–Trinajstić information content (AvgIpc) is 3.15. The fourth-order valence-corrected chi connectivity index (χ4v) is 3.54. The number of hydrogen-bond acceptors (Lipinski definition) is 7. The first-order valence-corrected chi connectivity index (χ1v) is 9.56. The van der Waals surface area contributed by atoms with Crippen LogP contribution in [-0.2, 0) is 16.9 Å². The number of ether oxygens (including phenoxy) is 2. The lowest BCUT2D eigenvalue weighted by atomic mass is 9.81. The number of rotatable bonds is 9. The smallest absolute Gasteiger partial charge is 0.223 e. The van der Waals surface area contributed by atoms with Gasteiger partial charge >= 0.3 is 0 Å². The van der Waals surface area contributed by atoms with Gasteiger partial charge in [-0.2, -0.15) is 4.98 Å². The number of aliphatic hydroxyl groups is 1. The zero-order chi connectivity index (χ0) is 19.1. The van der Waals surface area contributed by atoms with Crippen LogP contribution in [0.1, 0.15) is 49.4 Å². The van der Waals surface area contributed by atoms with E-state index in [4.69, 9.17) is 14.0 Å². The van der Waals surface area contributed by atoms with Gasteiger partial charge in [0.05, 0.1) is 32.0 Å². The van der Waals surface area contributed by atoms with Crippen LogP contribution in [0.2, 0.25) is 0 Å². The van der Waals surface area contributed by atoms with Crippen molar-refractivity contribution in [2.75, 3.05) is 20.3 Å². The van der Waals surface area contributed by atoms with Crippen molar-refractivity contribution >= 4 is 0 Å². The van der Waals surface area contributed by atoms with Gasteiger partial charge < -0.3 is 24.4 Å². The molecule has 0 radical (unpaired) electrons. The van der Waals surface area contributed by atoms with E-state index in [1.807, 2.05) is 24.3 Å². The van der Waals surface area contributed by atoms with Crippen LogP contribution in [-0.4, -0.2) is 41.6 Å². The summed E-state index contributed by atoms with van der Waals surface area (Å²) in [7, 11) is 1.64. The minimum absolute atomic E-state index is 0.264. The van der Waals surface area contributed by atoms with Gasteiger partial charge in [-0.05, 0) is 30.5 Å². The summed E-state index contributed by atoms with van der Waals surface area (Å²) in [4.78, 5) is 4.44. The molecule has 0 amide bonds. The summed E-state index contributed by atoms with van der Waals surface area (Å²) >= 11 is 0. The van der Waals surface area contributed by atoms with E-state index in [-0.39, 0.29) is 12.1 Å². The minimum Gasteiger partial charge on any atom is -0.497 e. The summed E-state index contributed by atoms with van der Waals surface area (Å²) in [6, 6.07) is 7.71. The molecule has 0 bridgehead atoms. The van der Waals surface area contributed by atoms with Crippen molar-refractivity contribution < 1.29 is 19.1 Å². The van der Waals surface area contributed by atoms with E-state index >= 15 is 0 Å². The molecule has 148 valence electrons. The predicted octanol–water partition coefficient (Wildman–Crippen LogP) is 2.71. The molecule has 1 aromatic carbocycles. The number of hydrogen-bond donors (Lipinski definition) is 2. The Bertz CT molecular complexity index is 696. The van der Waals surface area contributed by atoms with Crippen LogP contribution < -0.4 is 10.1 Å². The van der Waals surface area contributed by atoms with Gasteiger partial charge in [0.25, 0.3) is 0 Å². The van der Waals surface area contributed by atoms with E-state index in [0.29, 0.717) is 24.9 Å². The molecule has 1 aliphatic rings. The summed E-state index contributed by atoms with van der Waals surface area (Å²) in [5, 5.41) is 18.0. The Morgan fingerprint density at radius 3 is 2.59 bits per heavy atom. The maximum Gasteiger partial charge on any atom is 0.223 e. The van der Waals surface area contributed by atoms with Crippen molar-refractivity contribution in [3.8, 4) is 5.75 Å². The summed E-state index contributed by atoms with van der Waals surface area (Å²) in [5.41, 5.74) is 0.731. The highest BCUT2D eigenvalue weighted by Crippen LogP contribution is 2.35. The number of methoxy groups -OCH3 is 1. The van der Waals surface area contributed by atoms with E-state index in [0.717, 1.165) is 37.0 Å². The average molecular weight is 375 g/mol. The third-order valence-corrected chi connectivity index (χ3v) is 5.08. The molecule has 27 heavy (non-hydrogen) atoms. The largest absolute Gasteiger partial charge is 0.497 e. The molecule has 0 aliphatic heterocycles. The molecule has 0 saturated heterocycles. The molecule has 1 heterocycles. The van der Waals surface area contributed by atoms with Gasteiger partial charge in [0.2, 0.25) is 5.89 Å². The number of aromatic nitrogens is 2. The Morgan fingerprint density at radius 1 is 1.22 bits per heavy atom. The van der Waals surface area contributed by atoms with Gasteiger partial charge in [-0.3, -0.25) is 0 Å². The van der Waals surface area contributed by atoms with Crippen LogP contribution in [0.5, 0.6) is 5.75 Å². The number of nitrogens with one attached hydrogen (secondary N) is 1. The van der Waals surface area contributed by atoms with Gasteiger partial charge in [0.15, 0.2) is 5.82 Å². The third kappa shape index (κ3) is 5.28. The molecule has 0 spiro atoms. The maximum atomic E-state index is 10.3. The van der Waals surface area contributed by atoms with Gasteiger partial charge in [-0.25, -0.2) is 0 Å². The Hall–Kier alpha value is -1.96. The molecule has 2 N–H and O–H groups in total. The molecule has 7 heteroatoms. The van der Waals surface area contributed by atoms with Crippen molar-refractivity contribution in [3.05, 3.63) is 41.5 Å². The molecule has 1 unspecified atom stereocenters. The summed E-state index contributed by atoms with van der Waals surface area (Å²) in [6.07, 6.45) is 4.75. The number of aryl methyl sites for hydroxylation is 1. The topological polar surface area (TPSA) is 89.6 Å². The highest BCUT2D eigenvalue weighted by atomic mass is 16.5. The first-order valence-electron chi connectivity index (χ1n) is 9.56. The van der Waals surface area contributed by atoms with Crippen LogP contribution in [0.25, 0.3) is 0 Å². The van der Waals surface area contributed by atoms with E-state index in [1.165, 1.54) is 6.42 Å². The molecule has 3 rings (SSSR count). The number of benzene rings is 1.